The molecule has 9 rings (SSSR count). The molecule has 0 radical (unpaired) electrons. The topological polar surface area (TPSA) is 143 Å². The van der Waals surface area contributed by atoms with Crippen LogP contribution >= 0.6 is 0 Å². The van der Waals surface area contributed by atoms with E-state index in [1.54, 1.807) is 6.92 Å². The van der Waals surface area contributed by atoms with Gasteiger partial charge in [0, 0.05) is 25.7 Å². The fraction of sp³-hybridized carbons (Fsp3) is 0.949. The number of carbonyl (C=O) groups excluding carboxylic acids is 2. The van der Waals surface area contributed by atoms with Crippen LogP contribution in [0, 0.1) is 50.7 Å². The Morgan fingerprint density at radius 2 is 1.56 bits per heavy atom. The standard InChI is InChI=1S/C39H58O11/c1-19-13-39(32-35(7,50-32)18-45-39)49-23-14-34(6)25-10-9-24-33(4,5)26(48-31-30(47-21(3)41)29(43)22(42)16-44-31)11-12-37(24)17-38(25,37)15-27(46-20(2)40)36(34,8)28(19)23/h19,22-32,42-43H,9-18H2,1-8H3/t19-,22-,23+,24+,25+,26+,27-,28+,29+,30-,31+,32-,34+,35-,36-,37-,38+,39+/m1/s1. The van der Waals surface area contributed by atoms with E-state index in [4.69, 9.17) is 33.2 Å². The molecule has 0 aromatic heterocycles. The van der Waals surface area contributed by atoms with Crippen LogP contribution in [0.5, 0.6) is 0 Å². The third-order valence-corrected chi connectivity index (χ3v) is 16.9. The second-order valence-electron chi connectivity index (χ2n) is 19.5. The van der Waals surface area contributed by atoms with E-state index in [-0.39, 0.29) is 75.6 Å². The first-order chi connectivity index (χ1) is 23.4. The van der Waals surface area contributed by atoms with Crippen LogP contribution in [-0.2, 0) is 42.7 Å². The van der Waals surface area contributed by atoms with E-state index in [1.807, 2.05) is 0 Å². The summed E-state index contributed by atoms with van der Waals surface area (Å²) in [7, 11) is 0. The van der Waals surface area contributed by atoms with Crippen LogP contribution in [0.15, 0.2) is 0 Å². The number of hydrogen-bond acceptors (Lipinski definition) is 11. The fourth-order valence-electron chi connectivity index (χ4n) is 14.9. The van der Waals surface area contributed by atoms with Crippen LogP contribution in [0.25, 0.3) is 0 Å². The summed E-state index contributed by atoms with van der Waals surface area (Å²) in [6, 6.07) is 0. The van der Waals surface area contributed by atoms with E-state index in [2.05, 4.69) is 41.5 Å². The molecular formula is C39H58O11. The smallest absolute Gasteiger partial charge is 0.303 e. The largest absolute Gasteiger partial charge is 0.462 e. The number of carbonyl (C=O) groups is 2. The molecule has 3 spiro atoms. The maximum atomic E-state index is 12.9. The summed E-state index contributed by atoms with van der Waals surface area (Å²) < 4.78 is 44.2. The van der Waals surface area contributed by atoms with Gasteiger partial charge in [0.1, 0.15) is 30.0 Å². The van der Waals surface area contributed by atoms with Crippen molar-refractivity contribution in [2.75, 3.05) is 13.2 Å². The van der Waals surface area contributed by atoms with E-state index < -0.39 is 36.4 Å². The van der Waals surface area contributed by atoms with Crippen LogP contribution in [0.2, 0.25) is 0 Å². The second kappa shape index (κ2) is 10.4. The maximum absolute atomic E-state index is 12.9. The molecule has 50 heavy (non-hydrogen) atoms. The molecule has 18 atom stereocenters. The molecule has 11 nitrogen and oxygen atoms in total. The molecular weight excluding hydrogens is 644 g/mol. The summed E-state index contributed by atoms with van der Waals surface area (Å²) in [6.45, 7) is 17.4. The number of aliphatic hydroxyl groups excluding tert-OH is 2. The Labute approximate surface area is 295 Å². The van der Waals surface area contributed by atoms with Crippen LogP contribution in [0.3, 0.4) is 0 Å². The quantitative estimate of drug-likeness (QED) is 0.246. The average Bonchev–Trinajstić information content (AvgIpc) is 3.85. The third-order valence-electron chi connectivity index (χ3n) is 16.9. The first-order valence-corrected chi connectivity index (χ1v) is 19.3. The Morgan fingerprint density at radius 1 is 0.840 bits per heavy atom. The zero-order valence-electron chi connectivity index (χ0n) is 31.1. The minimum atomic E-state index is -1.29. The molecule has 2 N–H and O–H groups in total. The molecule has 4 saturated heterocycles. The van der Waals surface area contributed by atoms with Gasteiger partial charge in [0.25, 0.3) is 0 Å². The summed E-state index contributed by atoms with van der Waals surface area (Å²) in [4.78, 5) is 24.9. The monoisotopic (exact) mass is 702 g/mol. The Bertz CT molecular complexity index is 1470. The molecule has 9 fully saturated rings. The predicted octanol–water partition coefficient (Wildman–Crippen LogP) is 4.28. The molecule has 4 aliphatic heterocycles. The van der Waals surface area contributed by atoms with Crippen molar-refractivity contribution in [2.45, 2.75) is 167 Å². The van der Waals surface area contributed by atoms with Crippen LogP contribution in [-0.4, -0.2) is 95.8 Å². The van der Waals surface area contributed by atoms with Crippen LogP contribution in [0.4, 0.5) is 0 Å². The molecule has 280 valence electrons. The van der Waals surface area contributed by atoms with E-state index >= 15 is 0 Å². The van der Waals surface area contributed by atoms with E-state index in [0.717, 1.165) is 51.4 Å². The number of epoxide rings is 1. The van der Waals surface area contributed by atoms with Crippen molar-refractivity contribution in [2.24, 2.45) is 50.7 Å². The molecule has 0 aromatic rings. The van der Waals surface area contributed by atoms with Gasteiger partial charge in [-0.05, 0) is 97.2 Å². The first-order valence-electron chi connectivity index (χ1n) is 19.3. The highest BCUT2D eigenvalue weighted by atomic mass is 16.8. The van der Waals surface area contributed by atoms with Gasteiger partial charge >= 0.3 is 11.9 Å². The van der Waals surface area contributed by atoms with Crippen molar-refractivity contribution in [3.8, 4) is 0 Å². The van der Waals surface area contributed by atoms with Crippen LogP contribution < -0.4 is 0 Å². The maximum Gasteiger partial charge on any atom is 0.303 e. The summed E-state index contributed by atoms with van der Waals surface area (Å²) >= 11 is 0. The third kappa shape index (κ3) is 4.17. The van der Waals surface area contributed by atoms with Gasteiger partial charge in [0.2, 0.25) is 0 Å². The zero-order chi connectivity index (χ0) is 35.6. The molecule has 0 aromatic carbocycles. The summed E-state index contributed by atoms with van der Waals surface area (Å²) in [5.74, 6) is -0.0224. The number of ether oxygens (including phenoxy) is 7. The normalized spacial score (nSPS) is 59.6. The van der Waals surface area contributed by atoms with Crippen molar-refractivity contribution in [1.82, 2.24) is 0 Å². The Hall–Kier alpha value is -1.34. The van der Waals surface area contributed by atoms with Gasteiger partial charge in [-0.1, -0.05) is 34.6 Å². The molecule has 0 unspecified atom stereocenters. The minimum Gasteiger partial charge on any atom is -0.462 e. The Morgan fingerprint density at radius 3 is 2.22 bits per heavy atom. The zero-order valence-corrected chi connectivity index (χ0v) is 31.1. The van der Waals surface area contributed by atoms with Crippen molar-refractivity contribution < 1.29 is 53.0 Å². The van der Waals surface area contributed by atoms with Gasteiger partial charge in [0.15, 0.2) is 18.2 Å². The molecule has 4 heterocycles. The van der Waals surface area contributed by atoms with Gasteiger partial charge in [-0.25, -0.2) is 0 Å². The Balaban J connectivity index is 1.02. The SMILES string of the molecule is CC(=O)O[C@H]1[C@H](O[C@H]2CC[C@]34C[C@]35C[C@@H](OC(C)=O)[C@]3(C)[C@H]6[C@H](C)C[C@]7(OC[C@@]8(C)O[C@@H]78)O[C@H]6C[C@@]3(C)[C@@H]5CC[C@H]4C2(C)C)OC[C@@H](O)[C@@H]1O. The van der Waals surface area contributed by atoms with E-state index in [9.17, 15) is 19.8 Å². The van der Waals surface area contributed by atoms with Crippen molar-refractivity contribution in [1.29, 1.82) is 0 Å². The van der Waals surface area contributed by atoms with Gasteiger partial charge in [-0.2, -0.15) is 0 Å². The molecule has 0 bridgehead atoms. The van der Waals surface area contributed by atoms with Gasteiger partial charge < -0.3 is 43.4 Å². The number of hydrogen-bond donors (Lipinski definition) is 2. The molecule has 5 saturated carbocycles. The fourth-order valence-corrected chi connectivity index (χ4v) is 14.9. The van der Waals surface area contributed by atoms with Crippen molar-refractivity contribution in [3.05, 3.63) is 0 Å². The highest BCUT2D eigenvalue weighted by molar-refractivity contribution is 5.66. The highest BCUT2D eigenvalue weighted by Gasteiger charge is 2.86. The number of esters is 2. The van der Waals surface area contributed by atoms with Gasteiger partial charge in [-0.15, -0.1) is 0 Å². The summed E-state index contributed by atoms with van der Waals surface area (Å²) in [5.41, 5.74) is -0.640. The number of rotatable bonds is 4. The lowest BCUT2D eigenvalue weighted by Crippen LogP contribution is -2.64. The lowest BCUT2D eigenvalue weighted by molar-refractivity contribution is -0.309. The van der Waals surface area contributed by atoms with Crippen LogP contribution in [0.1, 0.15) is 107 Å². The summed E-state index contributed by atoms with van der Waals surface area (Å²) in [5, 5.41) is 21.0. The molecule has 0 amide bonds. The first kappa shape index (κ1) is 34.4. The van der Waals surface area contributed by atoms with Crippen molar-refractivity contribution >= 4 is 11.9 Å². The minimum absolute atomic E-state index is 0.0102. The molecule has 5 aliphatic carbocycles. The second-order valence-corrected chi connectivity index (χ2v) is 19.5. The summed E-state index contributed by atoms with van der Waals surface area (Å²) in [6.07, 6.45) is 2.81. The predicted molar refractivity (Wildman–Crippen MR) is 176 cm³/mol. The van der Waals surface area contributed by atoms with Gasteiger partial charge in [-0.3, -0.25) is 9.59 Å². The van der Waals surface area contributed by atoms with E-state index in [1.165, 1.54) is 6.92 Å². The number of aliphatic hydroxyl groups is 2. The van der Waals surface area contributed by atoms with Gasteiger partial charge in [0.05, 0.1) is 25.4 Å². The van der Waals surface area contributed by atoms with Crippen molar-refractivity contribution in [3.63, 3.8) is 0 Å². The lowest BCUT2D eigenvalue weighted by Gasteiger charge is -2.65. The molecule has 9 aliphatic rings. The average molecular weight is 703 g/mol. The molecule has 11 heteroatoms. The Kier molecular flexibility index (Phi) is 7.19. The lowest BCUT2D eigenvalue weighted by atomic mass is 9.41. The highest BCUT2D eigenvalue weighted by Crippen LogP contribution is 2.89. The number of fused-ring (bicyclic) bond motifs is 6. The van der Waals surface area contributed by atoms with E-state index in [0.29, 0.717) is 24.4 Å².